The van der Waals surface area contributed by atoms with E-state index in [-0.39, 0.29) is 10.6 Å². The number of para-hydroxylation sites is 1. The normalized spacial score (nSPS) is 12.2. The summed E-state index contributed by atoms with van der Waals surface area (Å²) in [7, 11) is -3.48. The molecule has 6 nitrogen and oxygen atoms in total. The summed E-state index contributed by atoms with van der Waals surface area (Å²) in [5.41, 5.74) is 0.155. The zero-order chi connectivity index (χ0) is 19.2. The van der Waals surface area contributed by atoms with E-state index in [0.717, 1.165) is 11.2 Å². The molecule has 0 aliphatic heterocycles. The van der Waals surface area contributed by atoms with Crippen molar-refractivity contribution in [3.05, 3.63) is 54.6 Å². The molecule has 0 heterocycles. The van der Waals surface area contributed by atoms with Crippen molar-refractivity contribution in [3.63, 3.8) is 0 Å². The second-order valence-corrected chi connectivity index (χ2v) is 8.90. The van der Waals surface area contributed by atoms with E-state index in [4.69, 9.17) is 4.74 Å². The predicted octanol–water partition coefficient (Wildman–Crippen LogP) is 2.75. The Labute approximate surface area is 156 Å². The van der Waals surface area contributed by atoms with Gasteiger partial charge in [0.15, 0.2) is 16.4 Å². The SMILES string of the molecule is C[C@@H](Sc1ccccc1)C(=O)OCC(=O)Nc1ccccc1S(C)(=O)=O. The maximum atomic E-state index is 12.0. The fourth-order valence-electron chi connectivity index (χ4n) is 2.08. The first-order valence-corrected chi connectivity index (χ1v) is 10.5. The molecule has 2 rings (SSSR count). The standard InChI is InChI=1S/C18H19NO5S2/c1-13(25-14-8-4-3-5-9-14)18(21)24-12-17(20)19-15-10-6-7-11-16(15)26(2,22)23/h3-11,13H,12H2,1-2H3,(H,19,20)/t13-/m1/s1. The number of benzene rings is 2. The predicted molar refractivity (Wildman–Crippen MR) is 101 cm³/mol. The molecule has 0 radical (unpaired) electrons. The minimum Gasteiger partial charge on any atom is -0.455 e. The summed E-state index contributed by atoms with van der Waals surface area (Å²) in [6, 6.07) is 15.4. The number of anilines is 1. The third-order valence-corrected chi connectivity index (χ3v) is 5.54. The van der Waals surface area contributed by atoms with Crippen molar-refractivity contribution in [3.8, 4) is 0 Å². The molecule has 2 aromatic rings. The van der Waals surface area contributed by atoms with Crippen LogP contribution in [0.4, 0.5) is 5.69 Å². The van der Waals surface area contributed by atoms with Gasteiger partial charge in [-0.05, 0) is 31.2 Å². The first-order valence-electron chi connectivity index (χ1n) is 7.74. The molecule has 26 heavy (non-hydrogen) atoms. The first-order chi connectivity index (χ1) is 12.3. The highest BCUT2D eigenvalue weighted by atomic mass is 32.2. The molecule has 8 heteroatoms. The van der Waals surface area contributed by atoms with Crippen LogP contribution in [0.3, 0.4) is 0 Å². The van der Waals surface area contributed by atoms with Gasteiger partial charge in [-0.3, -0.25) is 9.59 Å². The number of hydrogen-bond acceptors (Lipinski definition) is 6. The van der Waals surface area contributed by atoms with Gasteiger partial charge in [-0.25, -0.2) is 8.42 Å². The van der Waals surface area contributed by atoms with Gasteiger partial charge in [0.05, 0.1) is 10.6 Å². The summed E-state index contributed by atoms with van der Waals surface area (Å²) in [6.45, 7) is 1.20. The molecule has 0 unspecified atom stereocenters. The molecule has 0 aromatic heterocycles. The quantitative estimate of drug-likeness (QED) is 0.575. The first kappa shape index (κ1) is 20.0. The highest BCUT2D eigenvalue weighted by molar-refractivity contribution is 8.00. The average molecular weight is 393 g/mol. The number of sulfone groups is 1. The third-order valence-electron chi connectivity index (χ3n) is 3.29. The molecule has 1 amide bonds. The van der Waals surface area contributed by atoms with Crippen LogP contribution in [0.2, 0.25) is 0 Å². The van der Waals surface area contributed by atoms with Gasteiger partial charge >= 0.3 is 5.97 Å². The van der Waals surface area contributed by atoms with E-state index in [0.29, 0.717) is 0 Å². The summed E-state index contributed by atoms with van der Waals surface area (Å²) in [5, 5.41) is 1.98. The van der Waals surface area contributed by atoms with Crippen molar-refractivity contribution < 1.29 is 22.7 Å². The van der Waals surface area contributed by atoms with Crippen LogP contribution in [0.5, 0.6) is 0 Å². The topological polar surface area (TPSA) is 89.5 Å². The van der Waals surface area contributed by atoms with Gasteiger partial charge < -0.3 is 10.1 Å². The third kappa shape index (κ3) is 5.89. The van der Waals surface area contributed by atoms with Crippen molar-refractivity contribution in [1.82, 2.24) is 0 Å². The van der Waals surface area contributed by atoms with Crippen molar-refractivity contribution in [2.75, 3.05) is 18.2 Å². The number of nitrogens with one attached hydrogen (secondary N) is 1. The number of thioether (sulfide) groups is 1. The molecular weight excluding hydrogens is 374 g/mol. The lowest BCUT2D eigenvalue weighted by Crippen LogP contribution is -2.25. The summed E-state index contributed by atoms with van der Waals surface area (Å²) in [5.74, 6) is -1.13. The average Bonchev–Trinajstić information content (AvgIpc) is 2.60. The molecule has 1 atom stereocenters. The van der Waals surface area contributed by atoms with E-state index in [9.17, 15) is 18.0 Å². The van der Waals surface area contributed by atoms with E-state index in [1.807, 2.05) is 30.3 Å². The highest BCUT2D eigenvalue weighted by Crippen LogP contribution is 2.23. The van der Waals surface area contributed by atoms with Gasteiger partial charge in [0, 0.05) is 11.2 Å². The van der Waals surface area contributed by atoms with E-state index >= 15 is 0 Å². The number of amides is 1. The van der Waals surface area contributed by atoms with E-state index in [2.05, 4.69) is 5.32 Å². The molecular formula is C18H19NO5S2. The fraction of sp³-hybridized carbons (Fsp3) is 0.222. The van der Waals surface area contributed by atoms with E-state index in [1.54, 1.807) is 19.1 Å². The fourth-order valence-corrected chi connectivity index (χ4v) is 3.82. The highest BCUT2D eigenvalue weighted by Gasteiger charge is 2.19. The van der Waals surface area contributed by atoms with Gasteiger partial charge in [0.25, 0.3) is 5.91 Å². The zero-order valence-electron chi connectivity index (χ0n) is 14.3. The number of rotatable bonds is 7. The Hall–Kier alpha value is -2.32. The summed E-state index contributed by atoms with van der Waals surface area (Å²) in [4.78, 5) is 24.9. The van der Waals surface area contributed by atoms with Crippen LogP contribution in [0.1, 0.15) is 6.92 Å². The molecule has 0 fully saturated rings. The Morgan fingerprint density at radius 3 is 2.35 bits per heavy atom. The smallest absolute Gasteiger partial charge is 0.319 e. The number of carbonyl (C=O) groups excluding carboxylic acids is 2. The lowest BCUT2D eigenvalue weighted by atomic mass is 10.3. The summed E-state index contributed by atoms with van der Waals surface area (Å²) in [6.07, 6.45) is 1.06. The van der Waals surface area contributed by atoms with Gasteiger partial charge in [0.2, 0.25) is 0 Å². The van der Waals surface area contributed by atoms with Crippen molar-refractivity contribution in [2.45, 2.75) is 22.0 Å². The Morgan fingerprint density at radius 2 is 1.69 bits per heavy atom. The molecule has 0 aliphatic rings. The maximum Gasteiger partial charge on any atom is 0.319 e. The molecule has 1 N–H and O–H groups in total. The Kier molecular flexibility index (Phi) is 6.82. The second-order valence-electron chi connectivity index (χ2n) is 5.50. The molecule has 0 saturated carbocycles. The van der Waals surface area contributed by atoms with Gasteiger partial charge in [-0.1, -0.05) is 30.3 Å². The lowest BCUT2D eigenvalue weighted by Gasteiger charge is -2.12. The molecule has 0 spiro atoms. The number of ether oxygens (including phenoxy) is 1. The molecule has 138 valence electrons. The van der Waals surface area contributed by atoms with E-state index in [1.165, 1.54) is 23.9 Å². The van der Waals surface area contributed by atoms with Crippen LogP contribution in [-0.4, -0.2) is 38.4 Å². The van der Waals surface area contributed by atoms with E-state index < -0.39 is 33.6 Å². The van der Waals surface area contributed by atoms with Crippen LogP contribution in [-0.2, 0) is 24.2 Å². The summed E-state index contributed by atoms with van der Waals surface area (Å²) < 4.78 is 28.5. The van der Waals surface area contributed by atoms with Crippen LogP contribution < -0.4 is 5.32 Å². The Bertz CT molecular complexity index is 881. The van der Waals surface area contributed by atoms with Gasteiger partial charge in [-0.15, -0.1) is 11.8 Å². The zero-order valence-corrected chi connectivity index (χ0v) is 16.0. The maximum absolute atomic E-state index is 12.0. The minimum absolute atomic E-state index is 0.00711. The minimum atomic E-state index is -3.48. The van der Waals surface area contributed by atoms with Gasteiger partial charge in [0.1, 0.15) is 5.25 Å². The van der Waals surface area contributed by atoms with Gasteiger partial charge in [-0.2, -0.15) is 0 Å². The number of hydrogen-bond donors (Lipinski definition) is 1. The Morgan fingerprint density at radius 1 is 1.08 bits per heavy atom. The second kappa shape index (κ2) is 8.86. The van der Waals surface area contributed by atoms with Crippen LogP contribution >= 0.6 is 11.8 Å². The lowest BCUT2D eigenvalue weighted by molar-refractivity contribution is -0.146. The monoisotopic (exact) mass is 393 g/mol. The number of carbonyl (C=O) groups is 2. The molecule has 0 saturated heterocycles. The van der Waals surface area contributed by atoms with Crippen LogP contribution in [0.15, 0.2) is 64.4 Å². The number of esters is 1. The summed E-state index contributed by atoms with van der Waals surface area (Å²) >= 11 is 1.33. The molecule has 2 aromatic carbocycles. The van der Waals surface area contributed by atoms with Crippen molar-refractivity contribution in [1.29, 1.82) is 0 Å². The van der Waals surface area contributed by atoms with Crippen molar-refractivity contribution in [2.24, 2.45) is 0 Å². The van der Waals surface area contributed by atoms with Crippen molar-refractivity contribution >= 4 is 39.2 Å². The van der Waals surface area contributed by atoms with Crippen LogP contribution in [0.25, 0.3) is 0 Å². The molecule has 0 bridgehead atoms. The Balaban J connectivity index is 1.90. The molecule has 0 aliphatic carbocycles. The largest absolute Gasteiger partial charge is 0.455 e. The van der Waals surface area contributed by atoms with Crippen LogP contribution in [0, 0.1) is 0 Å².